The molecule has 180 valence electrons. The molecule has 33 heavy (non-hydrogen) atoms. The molecule has 0 bridgehead atoms. The molecule has 1 nitrogen and oxygen atoms in total. The van der Waals surface area contributed by atoms with Crippen molar-refractivity contribution in [3.63, 3.8) is 0 Å². The van der Waals surface area contributed by atoms with Crippen LogP contribution >= 0.6 is 0 Å². The molecule has 2 fully saturated rings. The van der Waals surface area contributed by atoms with Gasteiger partial charge in [0.15, 0.2) is 0 Å². The minimum absolute atomic E-state index is 0.00630. The lowest BCUT2D eigenvalue weighted by Gasteiger charge is -2.30. The summed E-state index contributed by atoms with van der Waals surface area (Å²) < 4.78 is 83.9. The van der Waals surface area contributed by atoms with E-state index in [4.69, 9.17) is 0 Å². The van der Waals surface area contributed by atoms with Crippen LogP contribution in [0.15, 0.2) is 48.5 Å². The van der Waals surface area contributed by atoms with Crippen molar-refractivity contribution in [3.8, 4) is 0 Å². The van der Waals surface area contributed by atoms with Gasteiger partial charge in [-0.15, -0.1) is 0 Å². The third kappa shape index (κ3) is 4.41. The third-order valence-electron chi connectivity index (χ3n) is 7.63. The summed E-state index contributed by atoms with van der Waals surface area (Å²) in [4.78, 5) is 2.09. The lowest BCUT2D eigenvalue weighted by molar-refractivity contribution is -0.161. The van der Waals surface area contributed by atoms with E-state index in [1.54, 1.807) is 0 Å². The second-order valence-electron chi connectivity index (χ2n) is 9.78. The van der Waals surface area contributed by atoms with E-state index in [1.165, 1.54) is 18.2 Å². The molecule has 2 aromatic rings. The van der Waals surface area contributed by atoms with Crippen molar-refractivity contribution in [2.24, 2.45) is 0 Å². The van der Waals surface area contributed by atoms with Crippen molar-refractivity contribution in [3.05, 3.63) is 70.8 Å². The number of rotatable bonds is 8. The molecule has 0 aromatic heterocycles. The lowest BCUT2D eigenvalue weighted by atomic mass is 9.80. The fourth-order valence-electron chi connectivity index (χ4n) is 5.01. The second kappa shape index (κ2) is 8.33. The van der Waals surface area contributed by atoms with Gasteiger partial charge in [-0.1, -0.05) is 48.5 Å². The highest BCUT2D eigenvalue weighted by Gasteiger charge is 2.67. The Bertz CT molecular complexity index is 922. The Kier molecular flexibility index (Phi) is 6.09. The fourth-order valence-corrected chi connectivity index (χ4v) is 5.01. The van der Waals surface area contributed by atoms with Crippen LogP contribution < -0.4 is 0 Å². The first kappa shape index (κ1) is 24.1. The normalized spacial score (nSPS) is 20.0. The Labute approximate surface area is 190 Å². The fraction of sp³-hybridized carbons (Fsp3) is 0.538. The Hall–Kier alpha value is -2.02. The molecule has 1 atom stereocenters. The predicted octanol–water partition coefficient (Wildman–Crippen LogP) is 7.33. The maximum absolute atomic E-state index is 14.0. The average molecular weight is 470 g/mol. The van der Waals surface area contributed by atoms with Gasteiger partial charge >= 0.3 is 12.4 Å². The van der Waals surface area contributed by atoms with E-state index in [1.807, 2.05) is 44.3 Å². The molecule has 4 rings (SSSR count). The van der Waals surface area contributed by atoms with Gasteiger partial charge in [-0.3, -0.25) is 4.90 Å². The number of alkyl halides is 6. The van der Waals surface area contributed by atoms with Crippen LogP contribution in [0.25, 0.3) is 0 Å². The maximum atomic E-state index is 14.0. The SMILES string of the molecule is CC(CCc1c(C2(C(F)(F)F)CC2)cccc1C1(C(F)(F)F)CC1)N(C)Cc1ccccc1. The van der Waals surface area contributed by atoms with E-state index in [9.17, 15) is 26.3 Å². The van der Waals surface area contributed by atoms with Crippen LogP contribution in [0.4, 0.5) is 26.3 Å². The van der Waals surface area contributed by atoms with Crippen LogP contribution in [-0.2, 0) is 23.8 Å². The molecule has 0 heterocycles. The first-order valence-electron chi connectivity index (χ1n) is 11.4. The zero-order chi connectivity index (χ0) is 24.1. The molecule has 1 unspecified atom stereocenters. The molecule has 2 aromatic carbocycles. The monoisotopic (exact) mass is 469 g/mol. The number of hydrogen-bond acceptors (Lipinski definition) is 1. The molecular formula is C26H29F6N. The minimum atomic E-state index is -4.47. The molecule has 2 aliphatic rings. The molecule has 0 amide bonds. The number of benzene rings is 2. The van der Waals surface area contributed by atoms with Gasteiger partial charge in [0.1, 0.15) is 0 Å². The largest absolute Gasteiger partial charge is 0.398 e. The summed E-state index contributed by atoms with van der Waals surface area (Å²) in [6, 6.07) is 14.0. The summed E-state index contributed by atoms with van der Waals surface area (Å²) in [5.41, 5.74) is -2.52. The van der Waals surface area contributed by atoms with Crippen molar-refractivity contribution >= 4 is 0 Å². The number of hydrogen-bond donors (Lipinski definition) is 0. The minimum Gasteiger partial charge on any atom is -0.299 e. The Balaban J connectivity index is 1.63. The van der Waals surface area contributed by atoms with E-state index < -0.39 is 23.2 Å². The van der Waals surface area contributed by atoms with E-state index in [0.717, 1.165) is 5.56 Å². The average Bonchev–Trinajstić information content (AvgIpc) is 3.64. The van der Waals surface area contributed by atoms with Gasteiger partial charge in [0.25, 0.3) is 0 Å². The summed E-state index contributed by atoms with van der Waals surface area (Å²) in [5.74, 6) is 0. The summed E-state index contributed by atoms with van der Waals surface area (Å²) in [6.07, 6.45) is -8.50. The van der Waals surface area contributed by atoms with E-state index >= 15 is 0 Å². The first-order valence-corrected chi connectivity index (χ1v) is 11.4. The smallest absolute Gasteiger partial charge is 0.299 e. The summed E-state index contributed by atoms with van der Waals surface area (Å²) >= 11 is 0. The van der Waals surface area contributed by atoms with Crippen molar-refractivity contribution < 1.29 is 26.3 Å². The van der Waals surface area contributed by atoms with Gasteiger partial charge in [-0.25, -0.2) is 0 Å². The van der Waals surface area contributed by atoms with Crippen molar-refractivity contribution in [1.82, 2.24) is 4.90 Å². The topological polar surface area (TPSA) is 3.24 Å². The Morgan fingerprint density at radius 3 is 1.70 bits per heavy atom. The van der Waals surface area contributed by atoms with Crippen LogP contribution in [0.3, 0.4) is 0 Å². The van der Waals surface area contributed by atoms with Gasteiger partial charge in [0.05, 0.1) is 10.8 Å². The number of nitrogens with zero attached hydrogens (tertiary/aromatic N) is 1. The summed E-state index contributed by atoms with van der Waals surface area (Å²) in [5, 5.41) is 0. The molecular weight excluding hydrogens is 440 g/mol. The molecule has 0 radical (unpaired) electrons. The summed E-state index contributed by atoms with van der Waals surface area (Å²) in [6.45, 7) is 2.63. The zero-order valence-electron chi connectivity index (χ0n) is 18.9. The van der Waals surface area contributed by atoms with Gasteiger partial charge < -0.3 is 0 Å². The molecule has 0 N–H and O–H groups in total. The van der Waals surface area contributed by atoms with Crippen LogP contribution in [0, 0.1) is 0 Å². The van der Waals surface area contributed by atoms with Crippen LogP contribution in [0.1, 0.15) is 61.3 Å². The van der Waals surface area contributed by atoms with Gasteiger partial charge in [-0.05, 0) is 74.8 Å². The maximum Gasteiger partial charge on any atom is 0.398 e. The van der Waals surface area contributed by atoms with E-state index in [2.05, 4.69) is 4.90 Å². The second-order valence-corrected chi connectivity index (χ2v) is 9.78. The third-order valence-corrected chi connectivity index (χ3v) is 7.63. The summed E-state index contributed by atoms with van der Waals surface area (Å²) in [7, 11) is 1.93. The highest BCUT2D eigenvalue weighted by molar-refractivity contribution is 5.50. The van der Waals surface area contributed by atoms with Crippen molar-refractivity contribution in [2.75, 3.05) is 7.05 Å². The predicted molar refractivity (Wildman–Crippen MR) is 116 cm³/mol. The molecule has 0 spiro atoms. The lowest BCUT2D eigenvalue weighted by Crippen LogP contribution is -2.34. The molecule has 0 aliphatic heterocycles. The highest BCUT2D eigenvalue weighted by atomic mass is 19.4. The number of halogens is 6. The molecule has 2 saturated carbocycles. The van der Waals surface area contributed by atoms with Gasteiger partial charge in [-0.2, -0.15) is 26.3 Å². The van der Waals surface area contributed by atoms with Crippen molar-refractivity contribution in [2.45, 2.75) is 81.2 Å². The molecule has 2 aliphatic carbocycles. The van der Waals surface area contributed by atoms with E-state index in [-0.39, 0.29) is 54.8 Å². The Morgan fingerprint density at radius 2 is 1.27 bits per heavy atom. The quantitative estimate of drug-likeness (QED) is 0.366. The van der Waals surface area contributed by atoms with Gasteiger partial charge in [0, 0.05) is 12.6 Å². The van der Waals surface area contributed by atoms with Crippen LogP contribution in [0.5, 0.6) is 0 Å². The van der Waals surface area contributed by atoms with Crippen LogP contribution in [-0.4, -0.2) is 30.3 Å². The first-order chi connectivity index (χ1) is 15.4. The van der Waals surface area contributed by atoms with Crippen molar-refractivity contribution in [1.29, 1.82) is 0 Å². The highest BCUT2D eigenvalue weighted by Crippen LogP contribution is 2.63. The van der Waals surface area contributed by atoms with Gasteiger partial charge in [0.2, 0.25) is 0 Å². The van der Waals surface area contributed by atoms with Crippen LogP contribution in [0.2, 0.25) is 0 Å². The molecule has 0 saturated heterocycles. The van der Waals surface area contributed by atoms with E-state index in [0.29, 0.717) is 13.0 Å². The molecule has 7 heteroatoms. The Morgan fingerprint density at radius 1 is 0.788 bits per heavy atom. The zero-order valence-corrected chi connectivity index (χ0v) is 18.9. The standard InChI is InChI=1S/C26H29F6N/c1-18(33(2)17-19-7-4-3-5-8-19)11-12-20-21(23(13-14-23)25(27,28)29)9-6-10-22(20)24(15-16-24)26(30,31)32/h3-10,18H,11-17H2,1-2H3.